The number of nitrogens with zero attached hydrogens (tertiary/aromatic N) is 1. The van der Waals surface area contributed by atoms with Crippen LogP contribution in [-0.2, 0) is 21.2 Å². The zero-order valence-electron chi connectivity index (χ0n) is 16.0. The van der Waals surface area contributed by atoms with Crippen molar-refractivity contribution in [2.24, 2.45) is 0 Å². The van der Waals surface area contributed by atoms with Crippen molar-refractivity contribution in [3.8, 4) is 11.5 Å². The van der Waals surface area contributed by atoms with Crippen LogP contribution in [0.25, 0.3) is 0 Å². The fraction of sp³-hybridized carbons (Fsp3) is 0.350. The molecule has 0 saturated carbocycles. The Morgan fingerprint density at radius 2 is 1.93 bits per heavy atom. The van der Waals surface area contributed by atoms with E-state index in [0.29, 0.717) is 29.4 Å². The number of fused-ring (bicyclic) bond motifs is 1. The second kappa shape index (κ2) is 8.52. The minimum absolute atomic E-state index is 0.0607. The van der Waals surface area contributed by atoms with Crippen molar-refractivity contribution in [3.63, 3.8) is 0 Å². The molecule has 1 aliphatic heterocycles. The lowest BCUT2D eigenvalue weighted by molar-refractivity contribution is -0.118. The van der Waals surface area contributed by atoms with Gasteiger partial charge in [-0.25, -0.2) is 8.42 Å². The third kappa shape index (κ3) is 4.39. The van der Waals surface area contributed by atoms with E-state index in [9.17, 15) is 13.2 Å². The Bertz CT molecular complexity index is 959. The van der Waals surface area contributed by atoms with E-state index in [4.69, 9.17) is 9.47 Å². The van der Waals surface area contributed by atoms with Crippen molar-refractivity contribution in [2.45, 2.75) is 19.8 Å². The molecule has 0 bridgehead atoms. The van der Waals surface area contributed by atoms with Gasteiger partial charge in [-0.1, -0.05) is 12.1 Å². The first kappa shape index (κ1) is 20.0. The molecule has 1 amide bonds. The topological polar surface area (TPSA) is 84.9 Å². The highest BCUT2D eigenvalue weighted by atomic mass is 32.2. The molecule has 0 aliphatic carbocycles. The molecule has 1 aliphatic rings. The summed E-state index contributed by atoms with van der Waals surface area (Å²) >= 11 is 0. The number of amides is 1. The quantitative estimate of drug-likeness (QED) is 0.767. The zero-order valence-corrected chi connectivity index (χ0v) is 16.8. The second-order valence-corrected chi connectivity index (χ2v) is 8.59. The molecule has 2 aromatic carbocycles. The van der Waals surface area contributed by atoms with Gasteiger partial charge in [-0.2, -0.15) is 0 Å². The molecular formula is C20H24N2O5S. The van der Waals surface area contributed by atoms with E-state index in [2.05, 4.69) is 5.32 Å². The van der Waals surface area contributed by atoms with Crippen molar-refractivity contribution in [3.05, 3.63) is 48.0 Å². The Morgan fingerprint density at radius 3 is 2.64 bits per heavy atom. The van der Waals surface area contributed by atoms with Gasteiger partial charge in [0.25, 0.3) is 5.91 Å². The zero-order chi connectivity index (χ0) is 20.1. The number of carbonyl (C=O) groups excluding carboxylic acids is 1. The Hall–Kier alpha value is -2.74. The minimum Gasteiger partial charge on any atom is -0.493 e. The maximum Gasteiger partial charge on any atom is 0.262 e. The van der Waals surface area contributed by atoms with Crippen LogP contribution in [0.15, 0.2) is 42.5 Å². The van der Waals surface area contributed by atoms with Gasteiger partial charge in [0.2, 0.25) is 10.0 Å². The molecular weight excluding hydrogens is 380 g/mol. The van der Waals surface area contributed by atoms with Crippen LogP contribution in [0.1, 0.15) is 18.9 Å². The summed E-state index contributed by atoms with van der Waals surface area (Å²) in [5.41, 5.74) is 2.21. The number of methoxy groups -OCH3 is 1. The molecule has 1 N–H and O–H groups in total. The highest BCUT2D eigenvalue weighted by Crippen LogP contribution is 2.32. The van der Waals surface area contributed by atoms with Gasteiger partial charge in [0.05, 0.1) is 18.6 Å². The Morgan fingerprint density at radius 1 is 1.18 bits per heavy atom. The predicted octanol–water partition coefficient (Wildman–Crippen LogP) is 2.82. The van der Waals surface area contributed by atoms with Crippen LogP contribution in [0.4, 0.5) is 11.4 Å². The van der Waals surface area contributed by atoms with Gasteiger partial charge in [0, 0.05) is 12.2 Å². The summed E-state index contributed by atoms with van der Waals surface area (Å²) in [5, 5.41) is 2.79. The molecule has 0 atom stereocenters. The molecule has 0 radical (unpaired) electrons. The van der Waals surface area contributed by atoms with Crippen molar-refractivity contribution in [1.82, 2.24) is 0 Å². The number of hydrogen-bond acceptors (Lipinski definition) is 5. The summed E-state index contributed by atoms with van der Waals surface area (Å²) in [5.74, 6) is 0.803. The molecule has 150 valence electrons. The van der Waals surface area contributed by atoms with Gasteiger partial charge in [-0.3, -0.25) is 9.10 Å². The smallest absolute Gasteiger partial charge is 0.262 e. The minimum atomic E-state index is -3.30. The number of ether oxygens (including phenoxy) is 2. The number of benzene rings is 2. The van der Waals surface area contributed by atoms with E-state index in [1.54, 1.807) is 37.3 Å². The Kier molecular flexibility index (Phi) is 6.08. The maximum atomic E-state index is 12.3. The van der Waals surface area contributed by atoms with E-state index >= 15 is 0 Å². The summed E-state index contributed by atoms with van der Waals surface area (Å²) < 4.78 is 36.7. The van der Waals surface area contributed by atoms with Gasteiger partial charge in [0.15, 0.2) is 18.1 Å². The van der Waals surface area contributed by atoms with Crippen LogP contribution in [0.3, 0.4) is 0 Å². The molecule has 1 heterocycles. The first-order chi connectivity index (χ1) is 13.4. The summed E-state index contributed by atoms with van der Waals surface area (Å²) in [6.07, 6.45) is 1.52. The van der Waals surface area contributed by atoms with E-state index < -0.39 is 10.0 Å². The summed E-state index contributed by atoms with van der Waals surface area (Å²) in [7, 11) is -1.76. The van der Waals surface area contributed by atoms with Crippen molar-refractivity contribution in [2.75, 3.05) is 35.6 Å². The standard InChI is InChI=1S/C20H24N2O5S/c1-3-28(24,25)22-12-6-7-15-13-16(10-11-17(15)22)21-20(23)14-27-19-9-5-4-8-18(19)26-2/h4-5,8-11,13H,3,6-7,12,14H2,1-2H3,(H,21,23). The monoisotopic (exact) mass is 404 g/mol. The third-order valence-corrected chi connectivity index (χ3v) is 6.35. The first-order valence-electron chi connectivity index (χ1n) is 9.13. The van der Waals surface area contributed by atoms with Crippen LogP contribution in [0.5, 0.6) is 11.5 Å². The summed E-state index contributed by atoms with van der Waals surface area (Å²) in [6, 6.07) is 12.4. The van der Waals surface area contributed by atoms with E-state index in [0.717, 1.165) is 18.4 Å². The second-order valence-electron chi connectivity index (χ2n) is 6.41. The third-order valence-electron chi connectivity index (χ3n) is 4.57. The van der Waals surface area contributed by atoms with Crippen LogP contribution in [-0.4, -0.2) is 40.3 Å². The number of hydrogen-bond donors (Lipinski definition) is 1. The van der Waals surface area contributed by atoms with E-state index in [1.807, 2.05) is 12.1 Å². The number of para-hydroxylation sites is 2. The first-order valence-corrected chi connectivity index (χ1v) is 10.7. The van der Waals surface area contributed by atoms with Gasteiger partial charge >= 0.3 is 0 Å². The number of aryl methyl sites for hydroxylation is 1. The van der Waals surface area contributed by atoms with Crippen molar-refractivity contribution in [1.29, 1.82) is 0 Å². The molecule has 0 saturated heterocycles. The number of anilines is 2. The lowest BCUT2D eigenvalue weighted by atomic mass is 10.0. The Labute approximate surface area is 165 Å². The SMILES string of the molecule is CCS(=O)(=O)N1CCCc2cc(NC(=O)COc3ccccc3OC)ccc21. The number of nitrogens with one attached hydrogen (secondary N) is 1. The average molecular weight is 404 g/mol. The van der Waals surface area contributed by atoms with Gasteiger partial charge in [-0.15, -0.1) is 0 Å². The van der Waals surface area contributed by atoms with Gasteiger partial charge in [-0.05, 0) is 55.7 Å². The number of sulfonamides is 1. The number of rotatable bonds is 7. The van der Waals surface area contributed by atoms with Crippen LogP contribution in [0, 0.1) is 0 Å². The molecule has 0 spiro atoms. The van der Waals surface area contributed by atoms with Crippen LogP contribution >= 0.6 is 0 Å². The largest absolute Gasteiger partial charge is 0.493 e. The molecule has 28 heavy (non-hydrogen) atoms. The van der Waals surface area contributed by atoms with Crippen LogP contribution in [0.2, 0.25) is 0 Å². The average Bonchev–Trinajstić information content (AvgIpc) is 2.71. The predicted molar refractivity (Wildman–Crippen MR) is 109 cm³/mol. The van der Waals surface area contributed by atoms with E-state index in [-0.39, 0.29) is 18.3 Å². The normalized spacial score (nSPS) is 13.6. The van der Waals surface area contributed by atoms with E-state index in [1.165, 1.54) is 11.4 Å². The maximum absolute atomic E-state index is 12.3. The molecule has 3 rings (SSSR count). The van der Waals surface area contributed by atoms with Crippen molar-refractivity contribution >= 4 is 27.3 Å². The lowest BCUT2D eigenvalue weighted by Crippen LogP contribution is -2.36. The highest BCUT2D eigenvalue weighted by Gasteiger charge is 2.26. The molecule has 7 nitrogen and oxygen atoms in total. The molecule has 8 heteroatoms. The fourth-order valence-electron chi connectivity index (χ4n) is 3.16. The lowest BCUT2D eigenvalue weighted by Gasteiger charge is -2.30. The van der Waals surface area contributed by atoms with Crippen LogP contribution < -0.4 is 19.1 Å². The molecule has 0 aromatic heterocycles. The fourth-order valence-corrected chi connectivity index (χ4v) is 4.36. The molecule has 0 fully saturated rings. The molecule has 0 unspecified atom stereocenters. The highest BCUT2D eigenvalue weighted by molar-refractivity contribution is 7.92. The van der Waals surface area contributed by atoms with Gasteiger partial charge < -0.3 is 14.8 Å². The van der Waals surface area contributed by atoms with Gasteiger partial charge in [0.1, 0.15) is 0 Å². The Balaban J connectivity index is 1.68. The molecule has 2 aromatic rings. The number of carbonyl (C=O) groups is 1. The summed E-state index contributed by atoms with van der Waals surface area (Å²) in [6.45, 7) is 1.97. The van der Waals surface area contributed by atoms with Crippen molar-refractivity contribution < 1.29 is 22.7 Å². The summed E-state index contributed by atoms with van der Waals surface area (Å²) in [4.78, 5) is 12.2.